The number of carbonyl (C=O) groups is 2. The molecule has 1 aliphatic heterocycles. The van der Waals surface area contributed by atoms with E-state index >= 15 is 0 Å². The van der Waals surface area contributed by atoms with Gasteiger partial charge in [0.05, 0.1) is 6.42 Å². The van der Waals surface area contributed by atoms with Crippen LogP contribution in [0.4, 0.5) is 4.79 Å². The van der Waals surface area contributed by atoms with Crippen molar-refractivity contribution in [2.24, 2.45) is 0 Å². The van der Waals surface area contributed by atoms with Crippen molar-refractivity contribution in [1.29, 1.82) is 0 Å². The van der Waals surface area contributed by atoms with Crippen molar-refractivity contribution in [2.75, 3.05) is 46.4 Å². The van der Waals surface area contributed by atoms with E-state index in [1.165, 1.54) is 0 Å². The van der Waals surface area contributed by atoms with Gasteiger partial charge in [-0.25, -0.2) is 4.79 Å². The molecule has 2 N–H and O–H groups in total. The van der Waals surface area contributed by atoms with Gasteiger partial charge in [0.1, 0.15) is 0 Å². The Morgan fingerprint density at radius 1 is 1.30 bits per heavy atom. The number of nitrogens with zero attached hydrogens (tertiary/aromatic N) is 2. The van der Waals surface area contributed by atoms with Crippen molar-refractivity contribution >= 4 is 12.0 Å². The quantitative estimate of drug-likeness (QED) is 0.699. The number of hydrogen-bond acceptors (Lipinski definition) is 4. The summed E-state index contributed by atoms with van der Waals surface area (Å²) in [7, 11) is 1.64. The molecular formula is C13H25N3O4. The van der Waals surface area contributed by atoms with E-state index in [4.69, 9.17) is 9.84 Å². The summed E-state index contributed by atoms with van der Waals surface area (Å²) in [5.74, 6) is -0.780. The number of amides is 2. The molecule has 0 aromatic rings. The number of aliphatic carboxylic acids is 1. The van der Waals surface area contributed by atoms with Crippen LogP contribution in [0.3, 0.4) is 0 Å². The molecule has 1 rings (SSSR count). The van der Waals surface area contributed by atoms with Crippen molar-refractivity contribution in [2.45, 2.75) is 25.8 Å². The van der Waals surface area contributed by atoms with E-state index in [2.05, 4.69) is 10.2 Å². The summed E-state index contributed by atoms with van der Waals surface area (Å²) in [5, 5.41) is 11.6. The highest BCUT2D eigenvalue weighted by Gasteiger charge is 2.22. The minimum atomic E-state index is -0.780. The lowest BCUT2D eigenvalue weighted by Gasteiger charge is -2.35. The van der Waals surface area contributed by atoms with Crippen LogP contribution in [-0.2, 0) is 9.53 Å². The summed E-state index contributed by atoms with van der Waals surface area (Å²) < 4.78 is 4.98. The molecule has 1 aliphatic rings. The molecule has 0 aliphatic carbocycles. The number of rotatable bonds is 7. The Morgan fingerprint density at radius 2 is 1.95 bits per heavy atom. The zero-order chi connectivity index (χ0) is 15.0. The maximum Gasteiger partial charge on any atom is 0.317 e. The molecule has 1 saturated heterocycles. The molecule has 7 heteroatoms. The number of hydrogen-bond donors (Lipinski definition) is 2. The third kappa shape index (κ3) is 6.21. The first kappa shape index (κ1) is 16.7. The summed E-state index contributed by atoms with van der Waals surface area (Å²) in [6, 6.07) is 0.0407. The fourth-order valence-electron chi connectivity index (χ4n) is 2.10. The highest BCUT2D eigenvalue weighted by atomic mass is 16.5. The summed E-state index contributed by atoms with van der Waals surface area (Å²) in [4.78, 5) is 26.4. The largest absolute Gasteiger partial charge is 0.481 e. The van der Waals surface area contributed by atoms with Gasteiger partial charge in [-0.1, -0.05) is 0 Å². The van der Waals surface area contributed by atoms with Gasteiger partial charge in [-0.3, -0.25) is 9.69 Å². The number of carbonyl (C=O) groups excluding carboxylic acids is 1. The Labute approximate surface area is 119 Å². The van der Waals surface area contributed by atoms with E-state index in [0.29, 0.717) is 26.2 Å². The zero-order valence-corrected chi connectivity index (χ0v) is 12.3. The molecule has 0 bridgehead atoms. The lowest BCUT2D eigenvalue weighted by molar-refractivity contribution is -0.137. The average molecular weight is 287 g/mol. The van der Waals surface area contributed by atoms with Crippen molar-refractivity contribution in [3.05, 3.63) is 0 Å². The normalized spacial score (nSPS) is 17.8. The lowest BCUT2D eigenvalue weighted by Crippen LogP contribution is -2.53. The number of ether oxygens (including phenoxy) is 1. The second-order valence-corrected chi connectivity index (χ2v) is 5.10. The second-order valence-electron chi connectivity index (χ2n) is 5.10. The molecule has 0 spiro atoms. The number of carboxylic acid groups (broad SMARTS) is 1. The highest BCUT2D eigenvalue weighted by Crippen LogP contribution is 2.04. The van der Waals surface area contributed by atoms with Crippen molar-refractivity contribution in [3.63, 3.8) is 0 Å². The standard InChI is InChI=1S/C13H25N3O4/c1-11(4-10-20-2)14-13(19)16-8-6-15(7-9-16)5-3-12(17)18/h11H,3-10H2,1-2H3,(H,14,19)(H,17,18). The van der Waals surface area contributed by atoms with Gasteiger partial charge < -0.3 is 20.1 Å². The van der Waals surface area contributed by atoms with Crippen LogP contribution >= 0.6 is 0 Å². The number of urea groups is 1. The first-order valence-electron chi connectivity index (χ1n) is 7.01. The van der Waals surface area contributed by atoms with Gasteiger partial charge in [-0.2, -0.15) is 0 Å². The third-order valence-corrected chi connectivity index (χ3v) is 3.43. The maximum atomic E-state index is 12.0. The van der Waals surface area contributed by atoms with Gasteiger partial charge in [-0.15, -0.1) is 0 Å². The maximum absolute atomic E-state index is 12.0. The van der Waals surface area contributed by atoms with E-state index in [0.717, 1.165) is 19.5 Å². The molecule has 1 fully saturated rings. The van der Waals surface area contributed by atoms with Crippen LogP contribution in [0, 0.1) is 0 Å². The van der Waals surface area contributed by atoms with Crippen molar-refractivity contribution < 1.29 is 19.4 Å². The Balaban J connectivity index is 2.23. The molecule has 20 heavy (non-hydrogen) atoms. The minimum absolute atomic E-state index is 0.0495. The molecule has 1 atom stereocenters. The lowest BCUT2D eigenvalue weighted by atomic mass is 10.2. The zero-order valence-electron chi connectivity index (χ0n) is 12.3. The van der Waals surface area contributed by atoms with E-state index < -0.39 is 5.97 Å². The Kier molecular flexibility index (Phi) is 7.32. The van der Waals surface area contributed by atoms with Crippen molar-refractivity contribution in [3.8, 4) is 0 Å². The fourth-order valence-corrected chi connectivity index (χ4v) is 2.10. The molecule has 1 unspecified atom stereocenters. The predicted molar refractivity (Wildman–Crippen MR) is 74.8 cm³/mol. The SMILES string of the molecule is COCCC(C)NC(=O)N1CCN(CCC(=O)O)CC1. The molecule has 0 saturated carbocycles. The fraction of sp³-hybridized carbons (Fsp3) is 0.846. The number of carboxylic acids is 1. The van der Waals surface area contributed by atoms with Gasteiger partial charge in [0, 0.05) is 52.5 Å². The first-order chi connectivity index (χ1) is 9.52. The van der Waals surface area contributed by atoms with Gasteiger partial charge >= 0.3 is 12.0 Å². The minimum Gasteiger partial charge on any atom is -0.481 e. The van der Waals surface area contributed by atoms with Crippen LogP contribution in [0.25, 0.3) is 0 Å². The van der Waals surface area contributed by atoms with E-state index in [-0.39, 0.29) is 18.5 Å². The Bertz CT molecular complexity index is 317. The van der Waals surface area contributed by atoms with E-state index in [1.54, 1.807) is 12.0 Å². The molecule has 7 nitrogen and oxygen atoms in total. The Morgan fingerprint density at radius 3 is 2.50 bits per heavy atom. The number of nitrogens with one attached hydrogen (secondary N) is 1. The molecular weight excluding hydrogens is 262 g/mol. The average Bonchev–Trinajstić information content (AvgIpc) is 2.43. The summed E-state index contributed by atoms with van der Waals surface area (Å²) in [5.41, 5.74) is 0. The van der Waals surface area contributed by atoms with Gasteiger partial charge in [0.15, 0.2) is 0 Å². The summed E-state index contributed by atoms with van der Waals surface area (Å²) in [6.45, 7) is 5.88. The van der Waals surface area contributed by atoms with Crippen LogP contribution in [0.15, 0.2) is 0 Å². The van der Waals surface area contributed by atoms with Crippen LogP contribution in [0.5, 0.6) is 0 Å². The van der Waals surface area contributed by atoms with Gasteiger partial charge in [-0.05, 0) is 13.3 Å². The monoisotopic (exact) mass is 287 g/mol. The number of piperazine rings is 1. The van der Waals surface area contributed by atoms with Crippen LogP contribution in [-0.4, -0.2) is 79.4 Å². The number of methoxy groups -OCH3 is 1. The second kappa shape index (κ2) is 8.76. The summed E-state index contributed by atoms with van der Waals surface area (Å²) >= 11 is 0. The Hall–Kier alpha value is -1.34. The van der Waals surface area contributed by atoms with Crippen LogP contribution in [0.2, 0.25) is 0 Å². The highest BCUT2D eigenvalue weighted by molar-refractivity contribution is 5.74. The predicted octanol–water partition coefficient (Wildman–Crippen LogP) is 0.213. The van der Waals surface area contributed by atoms with E-state index in [9.17, 15) is 9.59 Å². The topological polar surface area (TPSA) is 82.1 Å². The summed E-state index contributed by atoms with van der Waals surface area (Å²) in [6.07, 6.45) is 0.946. The first-order valence-corrected chi connectivity index (χ1v) is 7.01. The third-order valence-electron chi connectivity index (χ3n) is 3.43. The molecule has 0 aromatic carbocycles. The molecule has 116 valence electrons. The smallest absolute Gasteiger partial charge is 0.317 e. The molecule has 0 radical (unpaired) electrons. The van der Waals surface area contributed by atoms with Crippen LogP contribution in [0.1, 0.15) is 19.8 Å². The molecule has 1 heterocycles. The van der Waals surface area contributed by atoms with Gasteiger partial charge in [0.25, 0.3) is 0 Å². The van der Waals surface area contributed by atoms with Crippen molar-refractivity contribution in [1.82, 2.24) is 15.1 Å². The van der Waals surface area contributed by atoms with E-state index in [1.807, 2.05) is 6.92 Å². The molecule has 0 aromatic heterocycles. The molecule has 2 amide bonds. The van der Waals surface area contributed by atoms with Crippen LogP contribution < -0.4 is 5.32 Å². The van der Waals surface area contributed by atoms with Gasteiger partial charge in [0.2, 0.25) is 0 Å².